The van der Waals surface area contributed by atoms with Crippen LogP contribution >= 0.6 is 11.6 Å². The minimum Gasteiger partial charge on any atom is -0.384 e. The van der Waals surface area contributed by atoms with E-state index in [2.05, 4.69) is 45.4 Å². The summed E-state index contributed by atoms with van der Waals surface area (Å²) in [5, 5.41) is 3.88. The average molecular weight is 373 g/mol. The average Bonchev–Trinajstić information content (AvgIpc) is 2.66. The third-order valence-corrected chi connectivity index (χ3v) is 4.94. The SMILES string of the molecule is NC(=O)c1ccc(Cl)cc1NCCCN1CCN(c2ccccc2)CC1. The minimum absolute atomic E-state index is 0.443. The summed E-state index contributed by atoms with van der Waals surface area (Å²) >= 11 is 6.02. The van der Waals surface area contributed by atoms with E-state index >= 15 is 0 Å². The van der Waals surface area contributed by atoms with E-state index in [1.165, 1.54) is 5.69 Å². The minimum atomic E-state index is -0.443. The number of amides is 1. The first-order valence-electron chi connectivity index (χ1n) is 8.99. The summed E-state index contributed by atoms with van der Waals surface area (Å²) < 4.78 is 0. The Kier molecular flexibility index (Phi) is 6.36. The fourth-order valence-electron chi connectivity index (χ4n) is 3.27. The van der Waals surface area contributed by atoms with Gasteiger partial charge in [-0.15, -0.1) is 0 Å². The fraction of sp³-hybridized carbons (Fsp3) is 0.350. The number of nitrogens with two attached hydrogens (primary N) is 1. The molecule has 1 fully saturated rings. The molecular formula is C20H25ClN4O. The normalized spacial score (nSPS) is 15.0. The molecule has 3 rings (SSSR count). The second-order valence-corrected chi connectivity index (χ2v) is 6.94. The highest BCUT2D eigenvalue weighted by atomic mass is 35.5. The van der Waals surface area contributed by atoms with Gasteiger partial charge in [-0.05, 0) is 43.3 Å². The van der Waals surface area contributed by atoms with Crippen molar-refractivity contribution in [2.24, 2.45) is 5.73 Å². The molecule has 1 aliphatic heterocycles. The Morgan fingerprint density at radius 2 is 1.81 bits per heavy atom. The van der Waals surface area contributed by atoms with Crippen LogP contribution in [0.25, 0.3) is 0 Å². The second-order valence-electron chi connectivity index (χ2n) is 6.50. The maximum Gasteiger partial charge on any atom is 0.250 e. The lowest BCUT2D eigenvalue weighted by Gasteiger charge is -2.36. The van der Waals surface area contributed by atoms with Crippen LogP contribution < -0.4 is 16.0 Å². The molecule has 1 heterocycles. The zero-order valence-electron chi connectivity index (χ0n) is 14.8. The van der Waals surface area contributed by atoms with Crippen molar-refractivity contribution in [1.29, 1.82) is 0 Å². The van der Waals surface area contributed by atoms with Gasteiger partial charge < -0.3 is 16.0 Å². The van der Waals surface area contributed by atoms with Crippen molar-refractivity contribution in [3.05, 3.63) is 59.1 Å². The quantitative estimate of drug-likeness (QED) is 0.733. The smallest absolute Gasteiger partial charge is 0.250 e. The molecule has 138 valence electrons. The number of para-hydroxylation sites is 1. The number of halogens is 1. The number of primary amides is 1. The highest BCUT2D eigenvalue weighted by molar-refractivity contribution is 6.31. The van der Waals surface area contributed by atoms with Crippen LogP contribution in [-0.2, 0) is 0 Å². The number of benzene rings is 2. The van der Waals surface area contributed by atoms with Gasteiger partial charge in [0, 0.05) is 49.1 Å². The molecule has 1 aliphatic rings. The molecule has 0 radical (unpaired) electrons. The summed E-state index contributed by atoms with van der Waals surface area (Å²) in [6, 6.07) is 15.7. The Morgan fingerprint density at radius 1 is 1.08 bits per heavy atom. The highest BCUT2D eigenvalue weighted by Crippen LogP contribution is 2.21. The van der Waals surface area contributed by atoms with E-state index < -0.39 is 5.91 Å². The van der Waals surface area contributed by atoms with E-state index in [9.17, 15) is 4.79 Å². The lowest BCUT2D eigenvalue weighted by molar-refractivity contribution is 0.100. The van der Waals surface area contributed by atoms with Gasteiger partial charge in [0.25, 0.3) is 5.91 Å². The lowest BCUT2D eigenvalue weighted by atomic mass is 10.1. The highest BCUT2D eigenvalue weighted by Gasteiger charge is 2.16. The predicted octanol–water partition coefficient (Wildman–Crippen LogP) is 3.06. The third-order valence-electron chi connectivity index (χ3n) is 4.71. The van der Waals surface area contributed by atoms with Gasteiger partial charge in [-0.3, -0.25) is 9.69 Å². The molecular weight excluding hydrogens is 348 g/mol. The number of carbonyl (C=O) groups excluding carboxylic acids is 1. The number of anilines is 2. The van der Waals surface area contributed by atoms with E-state index in [1.54, 1.807) is 18.2 Å². The zero-order chi connectivity index (χ0) is 18.4. The van der Waals surface area contributed by atoms with Crippen LogP contribution in [0.4, 0.5) is 11.4 Å². The summed E-state index contributed by atoms with van der Waals surface area (Å²) in [5.74, 6) is -0.443. The maximum atomic E-state index is 11.5. The molecule has 1 saturated heterocycles. The van der Waals surface area contributed by atoms with Gasteiger partial charge in [-0.2, -0.15) is 0 Å². The topological polar surface area (TPSA) is 61.6 Å². The lowest BCUT2D eigenvalue weighted by Crippen LogP contribution is -2.46. The molecule has 0 atom stereocenters. The van der Waals surface area contributed by atoms with E-state index in [1.807, 2.05) is 0 Å². The molecule has 0 bridgehead atoms. The van der Waals surface area contributed by atoms with Crippen LogP contribution in [0.1, 0.15) is 16.8 Å². The molecule has 0 aromatic heterocycles. The summed E-state index contributed by atoms with van der Waals surface area (Å²) in [4.78, 5) is 16.4. The van der Waals surface area contributed by atoms with Crippen LogP contribution in [0.5, 0.6) is 0 Å². The molecule has 6 heteroatoms. The van der Waals surface area contributed by atoms with Gasteiger partial charge in [0.15, 0.2) is 0 Å². The Bertz CT molecular complexity index is 730. The van der Waals surface area contributed by atoms with Gasteiger partial charge in [0.05, 0.1) is 5.56 Å². The summed E-state index contributed by atoms with van der Waals surface area (Å²) in [6.07, 6.45) is 0.996. The van der Waals surface area contributed by atoms with E-state index in [4.69, 9.17) is 17.3 Å². The number of carbonyl (C=O) groups is 1. The van der Waals surface area contributed by atoms with Gasteiger partial charge in [-0.1, -0.05) is 29.8 Å². The van der Waals surface area contributed by atoms with Crippen molar-refractivity contribution >= 4 is 28.9 Å². The monoisotopic (exact) mass is 372 g/mol. The zero-order valence-corrected chi connectivity index (χ0v) is 15.6. The molecule has 0 spiro atoms. The molecule has 3 N–H and O–H groups in total. The molecule has 2 aromatic rings. The van der Waals surface area contributed by atoms with Crippen LogP contribution in [0.15, 0.2) is 48.5 Å². The number of piperazine rings is 1. The van der Waals surface area contributed by atoms with Crippen molar-refractivity contribution in [3.63, 3.8) is 0 Å². The molecule has 26 heavy (non-hydrogen) atoms. The predicted molar refractivity (Wildman–Crippen MR) is 108 cm³/mol. The molecule has 2 aromatic carbocycles. The number of nitrogens with one attached hydrogen (secondary N) is 1. The summed E-state index contributed by atoms with van der Waals surface area (Å²) in [6.45, 7) is 6.05. The van der Waals surface area contributed by atoms with E-state index in [0.29, 0.717) is 16.3 Å². The van der Waals surface area contributed by atoms with Crippen LogP contribution in [0.3, 0.4) is 0 Å². The maximum absolute atomic E-state index is 11.5. The van der Waals surface area contributed by atoms with Gasteiger partial charge in [-0.25, -0.2) is 0 Å². The third kappa shape index (κ3) is 4.90. The fourth-order valence-corrected chi connectivity index (χ4v) is 3.44. The second kappa shape index (κ2) is 8.92. The van der Waals surface area contributed by atoms with Gasteiger partial charge in [0.1, 0.15) is 0 Å². The number of rotatable bonds is 7. The first-order valence-corrected chi connectivity index (χ1v) is 9.37. The van der Waals surface area contributed by atoms with Crippen molar-refractivity contribution < 1.29 is 4.79 Å². The van der Waals surface area contributed by atoms with Crippen molar-refractivity contribution in [2.45, 2.75) is 6.42 Å². The Hall–Kier alpha value is -2.24. The van der Waals surface area contributed by atoms with Crippen molar-refractivity contribution in [1.82, 2.24) is 4.90 Å². The summed E-state index contributed by atoms with van der Waals surface area (Å²) in [7, 11) is 0. The van der Waals surface area contributed by atoms with Crippen LogP contribution in [0.2, 0.25) is 5.02 Å². The molecule has 0 aliphatic carbocycles. The van der Waals surface area contributed by atoms with Crippen LogP contribution in [-0.4, -0.2) is 50.1 Å². The Balaban J connectivity index is 1.41. The Labute approximate surface area is 159 Å². The van der Waals surface area contributed by atoms with Crippen LogP contribution in [0, 0.1) is 0 Å². The van der Waals surface area contributed by atoms with E-state index in [-0.39, 0.29) is 0 Å². The molecule has 0 unspecified atom stereocenters. The first-order chi connectivity index (χ1) is 12.6. The number of hydrogen-bond donors (Lipinski definition) is 2. The van der Waals surface area contributed by atoms with Crippen molar-refractivity contribution in [3.8, 4) is 0 Å². The number of hydrogen-bond acceptors (Lipinski definition) is 4. The molecule has 0 saturated carbocycles. The largest absolute Gasteiger partial charge is 0.384 e. The molecule has 1 amide bonds. The van der Waals surface area contributed by atoms with Gasteiger partial charge >= 0.3 is 0 Å². The van der Waals surface area contributed by atoms with Gasteiger partial charge in [0.2, 0.25) is 0 Å². The van der Waals surface area contributed by atoms with E-state index in [0.717, 1.165) is 45.7 Å². The summed E-state index contributed by atoms with van der Waals surface area (Å²) in [5.41, 5.74) is 7.90. The van der Waals surface area contributed by atoms with Crippen molar-refractivity contribution in [2.75, 3.05) is 49.5 Å². The first kappa shape index (κ1) is 18.5. The molecule has 5 nitrogen and oxygen atoms in total. The Morgan fingerprint density at radius 3 is 2.50 bits per heavy atom. The number of nitrogens with zero attached hydrogens (tertiary/aromatic N) is 2. The standard InChI is InChI=1S/C20H25ClN4O/c21-16-7-8-18(20(22)26)19(15-16)23-9-4-10-24-11-13-25(14-12-24)17-5-2-1-3-6-17/h1-3,5-8,15,23H,4,9-14H2,(H2,22,26).